The molecule has 0 fully saturated rings. The quantitative estimate of drug-likeness (QED) is 0.741. The van der Waals surface area contributed by atoms with Gasteiger partial charge in [-0.25, -0.2) is 0 Å². The lowest BCUT2D eigenvalue weighted by atomic mass is 10.3. The predicted molar refractivity (Wildman–Crippen MR) is 61.9 cm³/mol. The largest absolute Gasteiger partial charge is 0.399 e. The molecule has 1 aromatic carbocycles. The van der Waals surface area contributed by atoms with E-state index in [0.29, 0.717) is 17.9 Å². The van der Waals surface area contributed by atoms with E-state index in [9.17, 15) is 8.42 Å². The van der Waals surface area contributed by atoms with Crippen molar-refractivity contribution < 1.29 is 8.42 Å². The fraction of sp³-hybridized carbons (Fsp3) is 0.333. The van der Waals surface area contributed by atoms with Crippen molar-refractivity contribution in [3.8, 4) is 0 Å². The molecule has 0 saturated carbocycles. The van der Waals surface area contributed by atoms with Gasteiger partial charge in [-0.15, -0.1) is 0 Å². The molecular weight excluding hydrogens is 214 g/mol. The van der Waals surface area contributed by atoms with E-state index in [4.69, 9.17) is 5.73 Å². The highest BCUT2D eigenvalue weighted by atomic mass is 32.2. The molecule has 0 aromatic heterocycles. The SMILES string of the molecule is CCNS(=O)(=O)N(C)c1cccc(N)c1. The van der Waals surface area contributed by atoms with Crippen molar-refractivity contribution >= 4 is 21.6 Å². The molecule has 0 amide bonds. The number of hydrogen-bond donors (Lipinski definition) is 2. The van der Waals surface area contributed by atoms with Crippen LogP contribution in [0.5, 0.6) is 0 Å². The van der Waals surface area contributed by atoms with Crippen LogP contribution in [0.2, 0.25) is 0 Å². The van der Waals surface area contributed by atoms with E-state index >= 15 is 0 Å². The van der Waals surface area contributed by atoms with Crippen molar-refractivity contribution in [3.05, 3.63) is 24.3 Å². The summed E-state index contributed by atoms with van der Waals surface area (Å²) in [6.07, 6.45) is 0. The van der Waals surface area contributed by atoms with Crippen molar-refractivity contribution in [2.45, 2.75) is 6.92 Å². The zero-order chi connectivity index (χ0) is 11.5. The second-order valence-corrected chi connectivity index (χ2v) is 4.85. The van der Waals surface area contributed by atoms with Gasteiger partial charge in [0, 0.05) is 19.3 Å². The first-order valence-electron chi connectivity index (χ1n) is 4.56. The summed E-state index contributed by atoms with van der Waals surface area (Å²) in [4.78, 5) is 0. The van der Waals surface area contributed by atoms with Crippen LogP contribution < -0.4 is 14.8 Å². The Labute approximate surface area is 90.1 Å². The number of nitrogens with one attached hydrogen (secondary N) is 1. The summed E-state index contributed by atoms with van der Waals surface area (Å²) in [7, 11) is -1.97. The maximum absolute atomic E-state index is 11.6. The van der Waals surface area contributed by atoms with E-state index in [1.165, 1.54) is 7.05 Å². The molecule has 15 heavy (non-hydrogen) atoms. The van der Waals surface area contributed by atoms with E-state index < -0.39 is 10.2 Å². The first-order valence-corrected chi connectivity index (χ1v) is 6.00. The van der Waals surface area contributed by atoms with Crippen molar-refractivity contribution in [2.24, 2.45) is 0 Å². The van der Waals surface area contributed by atoms with Gasteiger partial charge >= 0.3 is 10.2 Å². The molecule has 6 heteroatoms. The van der Waals surface area contributed by atoms with Crippen LogP contribution in [-0.4, -0.2) is 22.0 Å². The third-order valence-corrected chi connectivity index (χ3v) is 3.51. The van der Waals surface area contributed by atoms with Crippen LogP contribution in [0.15, 0.2) is 24.3 Å². The van der Waals surface area contributed by atoms with Crippen LogP contribution in [-0.2, 0) is 10.2 Å². The van der Waals surface area contributed by atoms with Crippen LogP contribution in [0.25, 0.3) is 0 Å². The van der Waals surface area contributed by atoms with Crippen LogP contribution >= 0.6 is 0 Å². The van der Waals surface area contributed by atoms with Crippen LogP contribution in [0.1, 0.15) is 6.92 Å². The number of nitrogen functional groups attached to an aromatic ring is 1. The number of hydrogen-bond acceptors (Lipinski definition) is 3. The van der Waals surface area contributed by atoms with Gasteiger partial charge in [0.05, 0.1) is 5.69 Å². The lowest BCUT2D eigenvalue weighted by molar-refractivity contribution is 0.582. The summed E-state index contributed by atoms with van der Waals surface area (Å²) in [5.74, 6) is 0. The predicted octanol–water partition coefficient (Wildman–Crippen LogP) is 0.559. The molecule has 84 valence electrons. The summed E-state index contributed by atoms with van der Waals surface area (Å²) >= 11 is 0. The fourth-order valence-electron chi connectivity index (χ4n) is 1.14. The van der Waals surface area contributed by atoms with Crippen molar-refractivity contribution in [1.29, 1.82) is 0 Å². The highest BCUT2D eigenvalue weighted by Crippen LogP contribution is 2.17. The number of benzene rings is 1. The van der Waals surface area contributed by atoms with Gasteiger partial charge in [-0.05, 0) is 18.2 Å². The maximum Gasteiger partial charge on any atom is 0.301 e. The van der Waals surface area contributed by atoms with Crippen molar-refractivity contribution in [1.82, 2.24) is 4.72 Å². The lowest BCUT2D eigenvalue weighted by Gasteiger charge is -2.19. The van der Waals surface area contributed by atoms with Crippen LogP contribution in [0.3, 0.4) is 0 Å². The standard InChI is InChI=1S/C9H15N3O2S/c1-3-11-15(13,14)12(2)9-6-4-5-8(10)7-9/h4-7,11H,3,10H2,1-2H3. The minimum Gasteiger partial charge on any atom is -0.399 e. The summed E-state index contributed by atoms with van der Waals surface area (Å²) in [5, 5.41) is 0. The molecule has 0 radical (unpaired) electrons. The summed E-state index contributed by atoms with van der Waals surface area (Å²) in [6.45, 7) is 2.08. The van der Waals surface area contributed by atoms with Crippen molar-refractivity contribution in [3.63, 3.8) is 0 Å². The first-order chi connectivity index (χ1) is 6.97. The van der Waals surface area contributed by atoms with E-state index in [-0.39, 0.29) is 0 Å². The molecule has 0 aliphatic carbocycles. The molecule has 3 N–H and O–H groups in total. The van der Waals surface area contributed by atoms with E-state index in [1.807, 2.05) is 0 Å². The maximum atomic E-state index is 11.6. The number of rotatable bonds is 4. The van der Waals surface area contributed by atoms with Gasteiger partial charge in [0.25, 0.3) is 0 Å². The van der Waals surface area contributed by atoms with Gasteiger partial charge in [0.15, 0.2) is 0 Å². The Balaban J connectivity index is 2.99. The molecular formula is C9H15N3O2S. The third-order valence-electron chi connectivity index (χ3n) is 1.92. The average molecular weight is 229 g/mol. The highest BCUT2D eigenvalue weighted by Gasteiger charge is 2.16. The average Bonchev–Trinajstić information content (AvgIpc) is 2.16. The molecule has 1 rings (SSSR count). The molecule has 0 bridgehead atoms. The van der Waals surface area contributed by atoms with Crippen molar-refractivity contribution in [2.75, 3.05) is 23.6 Å². The summed E-state index contributed by atoms with van der Waals surface area (Å²) < 4.78 is 26.8. The van der Waals surface area contributed by atoms with Gasteiger partial charge in [-0.1, -0.05) is 13.0 Å². The molecule has 1 aromatic rings. The molecule has 0 unspecified atom stereocenters. The van der Waals surface area contributed by atoms with Gasteiger partial charge in [0.1, 0.15) is 0 Å². The van der Waals surface area contributed by atoms with Gasteiger partial charge < -0.3 is 5.73 Å². The van der Waals surface area contributed by atoms with E-state index in [2.05, 4.69) is 4.72 Å². The van der Waals surface area contributed by atoms with E-state index in [1.54, 1.807) is 31.2 Å². The monoisotopic (exact) mass is 229 g/mol. The number of nitrogens with two attached hydrogens (primary N) is 1. The van der Waals surface area contributed by atoms with Gasteiger partial charge in [-0.2, -0.15) is 13.1 Å². The highest BCUT2D eigenvalue weighted by molar-refractivity contribution is 7.90. The minimum absolute atomic E-state index is 0.356. The third kappa shape index (κ3) is 2.84. The smallest absolute Gasteiger partial charge is 0.301 e. The van der Waals surface area contributed by atoms with Crippen LogP contribution in [0, 0.1) is 0 Å². The Hall–Kier alpha value is -1.27. The Morgan fingerprint density at radius 1 is 1.47 bits per heavy atom. The Bertz CT molecular complexity index is 431. The lowest BCUT2D eigenvalue weighted by Crippen LogP contribution is -2.38. The summed E-state index contributed by atoms with van der Waals surface area (Å²) in [6, 6.07) is 6.71. The second-order valence-electron chi connectivity index (χ2n) is 3.07. The Morgan fingerprint density at radius 3 is 2.67 bits per heavy atom. The fourth-order valence-corrected chi connectivity index (χ4v) is 2.09. The molecule has 0 spiro atoms. The zero-order valence-electron chi connectivity index (χ0n) is 8.77. The zero-order valence-corrected chi connectivity index (χ0v) is 9.58. The van der Waals surface area contributed by atoms with Gasteiger partial charge in [-0.3, -0.25) is 4.31 Å². The second kappa shape index (κ2) is 4.50. The first kappa shape index (κ1) is 11.8. The number of nitrogens with zero attached hydrogens (tertiary/aromatic N) is 1. The molecule has 0 heterocycles. The number of anilines is 2. The molecule has 0 aliphatic rings. The summed E-state index contributed by atoms with van der Waals surface area (Å²) in [5.41, 5.74) is 6.64. The molecule has 0 atom stereocenters. The Morgan fingerprint density at radius 2 is 2.13 bits per heavy atom. The topological polar surface area (TPSA) is 75.4 Å². The van der Waals surface area contributed by atoms with E-state index in [0.717, 1.165) is 4.31 Å². The molecule has 5 nitrogen and oxygen atoms in total. The molecule has 0 aliphatic heterocycles. The van der Waals surface area contributed by atoms with Crippen LogP contribution in [0.4, 0.5) is 11.4 Å². The molecule has 0 saturated heterocycles. The van der Waals surface area contributed by atoms with Gasteiger partial charge in [0.2, 0.25) is 0 Å². The normalized spacial score (nSPS) is 11.3. The Kier molecular flexibility index (Phi) is 3.54. The minimum atomic E-state index is -3.45.